The summed E-state index contributed by atoms with van der Waals surface area (Å²) in [5.41, 5.74) is 4.22. The van der Waals surface area contributed by atoms with Gasteiger partial charge in [-0.1, -0.05) is 36.4 Å². The van der Waals surface area contributed by atoms with Crippen molar-refractivity contribution in [3.8, 4) is 10.6 Å². The summed E-state index contributed by atoms with van der Waals surface area (Å²) in [5, 5.41) is 13.5. The maximum Gasteiger partial charge on any atom is 0.333 e. The number of nitrogens with zero attached hydrogens (tertiary/aromatic N) is 2. The number of carboxylic acid groups (broad SMARTS) is 1. The van der Waals surface area contributed by atoms with Crippen LogP contribution in [0.2, 0.25) is 0 Å². The number of carbonyl (C=O) groups is 1. The van der Waals surface area contributed by atoms with Crippen LogP contribution < -0.4 is 0 Å². The number of aromatic nitrogens is 2. The first-order chi connectivity index (χ1) is 14.1. The minimum atomic E-state index is -0.928. The van der Waals surface area contributed by atoms with Gasteiger partial charge in [0.25, 0.3) is 0 Å². The Morgan fingerprint density at radius 2 is 2.03 bits per heavy atom. The molecule has 6 heteroatoms. The number of hydrogen-bond acceptors (Lipinski definition) is 4. The molecule has 0 aliphatic carbocycles. The third-order valence-electron chi connectivity index (χ3n) is 4.80. The zero-order chi connectivity index (χ0) is 20.2. The lowest BCUT2D eigenvalue weighted by molar-refractivity contribution is -0.149. The van der Waals surface area contributed by atoms with E-state index in [0.717, 1.165) is 32.7 Å². The molecule has 5 nitrogen and oxygen atoms in total. The Morgan fingerprint density at radius 3 is 2.79 bits per heavy atom. The van der Waals surface area contributed by atoms with E-state index in [1.54, 1.807) is 18.3 Å². The SMILES string of the molecule is CCOC(Cc1ccc2c(ccn2Cc2csc(-c3ccccc3)n2)c1)C(=O)O. The first kappa shape index (κ1) is 19.4. The molecule has 2 heterocycles. The number of fused-ring (bicyclic) bond motifs is 1. The maximum atomic E-state index is 11.3. The predicted molar refractivity (Wildman–Crippen MR) is 115 cm³/mol. The molecule has 0 saturated carbocycles. The van der Waals surface area contributed by atoms with Crippen LogP contribution in [-0.2, 0) is 22.5 Å². The molecule has 2 aromatic heterocycles. The highest BCUT2D eigenvalue weighted by Crippen LogP contribution is 2.25. The average molecular weight is 407 g/mol. The van der Waals surface area contributed by atoms with E-state index >= 15 is 0 Å². The van der Waals surface area contributed by atoms with E-state index in [4.69, 9.17) is 9.72 Å². The number of ether oxygens (including phenoxy) is 1. The Balaban J connectivity index is 1.52. The van der Waals surface area contributed by atoms with Gasteiger partial charge in [-0.05, 0) is 36.1 Å². The fourth-order valence-corrected chi connectivity index (χ4v) is 4.23. The minimum Gasteiger partial charge on any atom is -0.479 e. The number of aliphatic carboxylic acids is 1. The molecule has 0 saturated heterocycles. The van der Waals surface area contributed by atoms with Gasteiger partial charge in [0.2, 0.25) is 0 Å². The van der Waals surface area contributed by atoms with E-state index in [-0.39, 0.29) is 0 Å². The second kappa shape index (κ2) is 8.59. The van der Waals surface area contributed by atoms with Crippen LogP contribution in [-0.4, -0.2) is 33.3 Å². The smallest absolute Gasteiger partial charge is 0.333 e. The highest BCUT2D eigenvalue weighted by Gasteiger charge is 2.18. The van der Waals surface area contributed by atoms with Crippen molar-refractivity contribution >= 4 is 28.2 Å². The van der Waals surface area contributed by atoms with Gasteiger partial charge < -0.3 is 14.4 Å². The highest BCUT2D eigenvalue weighted by molar-refractivity contribution is 7.13. The Bertz CT molecular complexity index is 1120. The number of rotatable bonds is 8. The fraction of sp³-hybridized carbons (Fsp3) is 0.217. The van der Waals surface area contributed by atoms with Crippen LogP contribution in [0.3, 0.4) is 0 Å². The molecule has 0 aliphatic heterocycles. The first-order valence-electron chi connectivity index (χ1n) is 9.56. The Kier molecular flexibility index (Phi) is 5.74. The summed E-state index contributed by atoms with van der Waals surface area (Å²) >= 11 is 1.65. The summed E-state index contributed by atoms with van der Waals surface area (Å²) in [4.78, 5) is 16.1. The molecule has 0 amide bonds. The second-order valence-corrected chi connectivity index (χ2v) is 7.69. The lowest BCUT2D eigenvalue weighted by Crippen LogP contribution is -2.26. The van der Waals surface area contributed by atoms with Crippen molar-refractivity contribution in [2.24, 2.45) is 0 Å². The van der Waals surface area contributed by atoms with Crippen molar-refractivity contribution in [3.05, 3.63) is 77.4 Å². The summed E-state index contributed by atoms with van der Waals surface area (Å²) in [6.45, 7) is 2.89. The van der Waals surface area contributed by atoms with Gasteiger partial charge in [-0.3, -0.25) is 0 Å². The molecule has 2 aromatic carbocycles. The van der Waals surface area contributed by atoms with Gasteiger partial charge in [-0.25, -0.2) is 9.78 Å². The van der Waals surface area contributed by atoms with E-state index in [1.165, 1.54) is 0 Å². The number of carboxylic acids is 1. The molecule has 0 spiro atoms. The number of thiazole rings is 1. The molecule has 0 radical (unpaired) electrons. The van der Waals surface area contributed by atoms with Gasteiger partial charge in [0.15, 0.2) is 6.10 Å². The zero-order valence-electron chi connectivity index (χ0n) is 16.1. The van der Waals surface area contributed by atoms with Crippen molar-refractivity contribution in [3.63, 3.8) is 0 Å². The summed E-state index contributed by atoms with van der Waals surface area (Å²) in [7, 11) is 0. The Hall–Kier alpha value is -2.96. The van der Waals surface area contributed by atoms with Crippen molar-refractivity contribution in [1.29, 1.82) is 0 Å². The Morgan fingerprint density at radius 1 is 1.21 bits per heavy atom. The third kappa shape index (κ3) is 4.39. The van der Waals surface area contributed by atoms with Crippen molar-refractivity contribution in [2.45, 2.75) is 26.0 Å². The zero-order valence-corrected chi connectivity index (χ0v) is 16.9. The van der Waals surface area contributed by atoms with Crippen LogP contribution in [0.1, 0.15) is 18.2 Å². The lowest BCUT2D eigenvalue weighted by Gasteiger charge is -2.12. The first-order valence-corrected chi connectivity index (χ1v) is 10.4. The maximum absolute atomic E-state index is 11.3. The average Bonchev–Trinajstić information content (AvgIpc) is 3.36. The van der Waals surface area contributed by atoms with Crippen LogP contribution in [0.25, 0.3) is 21.5 Å². The van der Waals surface area contributed by atoms with Gasteiger partial charge >= 0.3 is 5.97 Å². The third-order valence-corrected chi connectivity index (χ3v) is 5.74. The van der Waals surface area contributed by atoms with Crippen molar-refractivity contribution < 1.29 is 14.6 Å². The topological polar surface area (TPSA) is 64.4 Å². The van der Waals surface area contributed by atoms with Crippen LogP contribution >= 0.6 is 11.3 Å². The molecule has 0 aliphatic rings. The van der Waals surface area contributed by atoms with Crippen molar-refractivity contribution in [2.75, 3.05) is 6.61 Å². The second-order valence-electron chi connectivity index (χ2n) is 6.83. The molecule has 29 heavy (non-hydrogen) atoms. The monoisotopic (exact) mass is 406 g/mol. The Labute approximate surface area is 173 Å². The van der Waals surface area contributed by atoms with E-state index in [9.17, 15) is 9.90 Å². The van der Waals surface area contributed by atoms with Gasteiger partial charge in [-0.15, -0.1) is 11.3 Å². The van der Waals surface area contributed by atoms with Crippen LogP contribution in [0.4, 0.5) is 0 Å². The quantitative estimate of drug-likeness (QED) is 0.454. The van der Waals surface area contributed by atoms with E-state index in [0.29, 0.717) is 19.6 Å². The van der Waals surface area contributed by atoms with E-state index in [2.05, 4.69) is 28.1 Å². The fourth-order valence-electron chi connectivity index (χ4n) is 3.41. The van der Waals surface area contributed by atoms with Crippen LogP contribution in [0, 0.1) is 0 Å². The summed E-state index contributed by atoms with van der Waals surface area (Å²) in [6.07, 6.45) is 1.59. The molecule has 0 bridgehead atoms. The van der Waals surface area contributed by atoms with Gasteiger partial charge in [0.1, 0.15) is 5.01 Å². The molecular formula is C23H22N2O3S. The summed E-state index contributed by atoms with van der Waals surface area (Å²) < 4.78 is 7.50. The van der Waals surface area contributed by atoms with Gasteiger partial charge in [0.05, 0.1) is 12.2 Å². The molecule has 4 aromatic rings. The molecule has 4 rings (SSSR count). The van der Waals surface area contributed by atoms with Gasteiger partial charge in [0, 0.05) is 35.7 Å². The van der Waals surface area contributed by atoms with Crippen LogP contribution in [0.15, 0.2) is 66.2 Å². The molecule has 148 valence electrons. The lowest BCUT2D eigenvalue weighted by atomic mass is 10.1. The summed E-state index contributed by atoms with van der Waals surface area (Å²) in [6, 6.07) is 18.3. The number of benzene rings is 2. The van der Waals surface area contributed by atoms with Gasteiger partial charge in [-0.2, -0.15) is 0 Å². The number of hydrogen-bond donors (Lipinski definition) is 1. The normalized spacial score (nSPS) is 12.3. The molecular weight excluding hydrogens is 384 g/mol. The molecule has 1 atom stereocenters. The summed E-state index contributed by atoms with van der Waals surface area (Å²) in [5.74, 6) is -0.928. The van der Waals surface area contributed by atoms with E-state index < -0.39 is 12.1 Å². The largest absolute Gasteiger partial charge is 0.479 e. The molecule has 0 fully saturated rings. The predicted octanol–water partition coefficient (Wildman–Crippen LogP) is 4.85. The van der Waals surface area contributed by atoms with Crippen LogP contribution in [0.5, 0.6) is 0 Å². The molecule has 1 N–H and O–H groups in total. The van der Waals surface area contributed by atoms with Crippen molar-refractivity contribution in [1.82, 2.24) is 9.55 Å². The minimum absolute atomic E-state index is 0.358. The van der Waals surface area contributed by atoms with E-state index in [1.807, 2.05) is 42.6 Å². The molecule has 1 unspecified atom stereocenters. The standard InChI is InChI=1S/C23H22N2O3S/c1-2-28-21(23(26)27)13-16-8-9-20-18(12-16)10-11-25(20)14-19-15-29-22(24-19)17-6-4-3-5-7-17/h3-12,15,21H,2,13-14H2,1H3,(H,26,27). The highest BCUT2D eigenvalue weighted by atomic mass is 32.1.